The number of carboxylic acids is 1. The fourth-order valence-electron chi connectivity index (χ4n) is 2.29. The van der Waals surface area contributed by atoms with Crippen LogP contribution in [0.2, 0.25) is 0 Å². The van der Waals surface area contributed by atoms with Crippen molar-refractivity contribution in [2.45, 2.75) is 59.0 Å². The molecule has 1 N–H and O–H groups in total. The molecule has 9 nitrogen and oxygen atoms in total. The zero-order valence-corrected chi connectivity index (χ0v) is 18.1. The van der Waals surface area contributed by atoms with E-state index in [1.54, 1.807) is 27.7 Å². The predicted molar refractivity (Wildman–Crippen MR) is 97.6 cm³/mol. The van der Waals surface area contributed by atoms with Crippen LogP contribution < -0.4 is 0 Å². The summed E-state index contributed by atoms with van der Waals surface area (Å²) in [6, 6.07) is 0. The molecule has 0 aliphatic rings. The molecule has 0 atom stereocenters. The van der Waals surface area contributed by atoms with Crippen LogP contribution in [0, 0.1) is 0 Å². The number of hydrogen-bond acceptors (Lipinski definition) is 8. The summed E-state index contributed by atoms with van der Waals surface area (Å²) >= 11 is 0. The largest absolute Gasteiger partial charge is 0.481 e. The van der Waals surface area contributed by atoms with Gasteiger partial charge in [-0.05, 0) is 34.1 Å². The van der Waals surface area contributed by atoms with E-state index in [4.69, 9.17) is 22.8 Å². The van der Waals surface area contributed by atoms with Crippen molar-refractivity contribution in [2.75, 3.05) is 33.0 Å². The van der Waals surface area contributed by atoms with Crippen LogP contribution in [-0.2, 0) is 36.8 Å². The Hall–Kier alpha value is -0.270. The van der Waals surface area contributed by atoms with Crippen molar-refractivity contribution in [3.05, 3.63) is 0 Å². The molecule has 0 aromatic rings. The van der Waals surface area contributed by atoms with Crippen molar-refractivity contribution in [1.82, 2.24) is 0 Å². The first-order valence-electron chi connectivity index (χ1n) is 8.86. The molecule has 0 amide bonds. The Morgan fingerprint density at radius 2 is 1.23 bits per heavy atom. The fraction of sp³-hybridized carbons (Fsp3) is 0.933. The smallest absolute Gasteiger partial charge is 0.375 e. The van der Waals surface area contributed by atoms with Gasteiger partial charge in [0.15, 0.2) is 0 Å². The molecule has 0 bridgehead atoms. The zero-order valence-electron chi connectivity index (χ0n) is 16.3. The van der Waals surface area contributed by atoms with E-state index in [-0.39, 0.29) is 33.0 Å². The second-order valence-electron chi connectivity index (χ2n) is 5.18. The Morgan fingerprint density at radius 3 is 1.50 bits per heavy atom. The molecular formula is C15H32O9P2. The molecule has 0 saturated heterocycles. The third-order valence-electron chi connectivity index (χ3n) is 3.26. The maximum Gasteiger partial charge on any atom is 0.375 e. The Balaban J connectivity index is 6.55. The third-order valence-corrected chi connectivity index (χ3v) is 9.41. The summed E-state index contributed by atoms with van der Waals surface area (Å²) < 4.78 is 54.2. The molecule has 0 radical (unpaired) electrons. The standard InChI is InChI=1S/C15H32O9P2/c1-6-11-12-20-15(13-14(16)17,25(18,21-7-2)22-8-3)26(19,23-9-4)24-10-5/h6-13H2,1-5H3,(H,16,17). The van der Waals surface area contributed by atoms with Crippen LogP contribution in [0.5, 0.6) is 0 Å². The molecule has 0 aliphatic carbocycles. The van der Waals surface area contributed by atoms with E-state index in [2.05, 4.69) is 0 Å². The monoisotopic (exact) mass is 418 g/mol. The fourth-order valence-corrected chi connectivity index (χ4v) is 7.65. The number of carbonyl (C=O) groups is 1. The van der Waals surface area contributed by atoms with Crippen LogP contribution in [0.15, 0.2) is 0 Å². The number of unbranched alkanes of at least 4 members (excludes halogenated alkanes) is 1. The molecule has 0 aromatic heterocycles. The van der Waals surface area contributed by atoms with Gasteiger partial charge >= 0.3 is 21.2 Å². The average Bonchev–Trinajstić information content (AvgIpc) is 2.54. The zero-order chi connectivity index (χ0) is 20.3. The highest BCUT2D eigenvalue weighted by atomic mass is 31.2. The first-order chi connectivity index (χ1) is 12.2. The van der Waals surface area contributed by atoms with Gasteiger partial charge in [-0.25, -0.2) is 0 Å². The summed E-state index contributed by atoms with van der Waals surface area (Å²) in [5.41, 5.74) is 0. The Morgan fingerprint density at radius 1 is 0.846 bits per heavy atom. The molecule has 11 heteroatoms. The van der Waals surface area contributed by atoms with Gasteiger partial charge in [-0.15, -0.1) is 0 Å². The highest BCUT2D eigenvalue weighted by Gasteiger charge is 2.68. The van der Waals surface area contributed by atoms with Crippen LogP contribution >= 0.6 is 15.2 Å². The van der Waals surface area contributed by atoms with Gasteiger partial charge in [-0.1, -0.05) is 13.3 Å². The van der Waals surface area contributed by atoms with Gasteiger partial charge in [0.05, 0.1) is 32.8 Å². The van der Waals surface area contributed by atoms with Crippen molar-refractivity contribution in [3.8, 4) is 0 Å². The molecule has 156 valence electrons. The van der Waals surface area contributed by atoms with Gasteiger partial charge in [-0.3, -0.25) is 13.9 Å². The van der Waals surface area contributed by atoms with Gasteiger partial charge in [0.2, 0.25) is 0 Å². The molecule has 0 aliphatic heterocycles. The summed E-state index contributed by atoms with van der Waals surface area (Å²) in [6.07, 6.45) is 0.341. The normalized spacial score (nSPS) is 13.1. The minimum absolute atomic E-state index is 0.00193. The van der Waals surface area contributed by atoms with E-state index in [1.165, 1.54) is 0 Å². The number of aliphatic carboxylic acids is 1. The number of carboxylic acid groups (broad SMARTS) is 1. The summed E-state index contributed by atoms with van der Waals surface area (Å²) in [6.45, 7) is 7.91. The molecule has 0 fully saturated rings. The first kappa shape index (κ1) is 25.7. The number of hydrogen-bond donors (Lipinski definition) is 1. The van der Waals surface area contributed by atoms with E-state index in [0.717, 1.165) is 6.42 Å². The third kappa shape index (κ3) is 6.13. The Labute approximate surface area is 155 Å². The van der Waals surface area contributed by atoms with Gasteiger partial charge in [0.25, 0.3) is 5.08 Å². The molecule has 0 rings (SSSR count). The highest BCUT2D eigenvalue weighted by molar-refractivity contribution is 7.74. The quantitative estimate of drug-likeness (QED) is 0.286. The summed E-state index contributed by atoms with van der Waals surface area (Å²) in [5.74, 6) is -1.39. The van der Waals surface area contributed by atoms with Crippen molar-refractivity contribution in [1.29, 1.82) is 0 Å². The lowest BCUT2D eigenvalue weighted by Crippen LogP contribution is -2.39. The Kier molecular flexibility index (Phi) is 12.1. The molecule has 0 aromatic carbocycles. The molecule has 0 saturated carbocycles. The van der Waals surface area contributed by atoms with Crippen molar-refractivity contribution >= 4 is 21.2 Å². The van der Waals surface area contributed by atoms with Gasteiger partial charge in [-0.2, -0.15) is 0 Å². The summed E-state index contributed by atoms with van der Waals surface area (Å²) in [4.78, 5) is 11.6. The topological polar surface area (TPSA) is 118 Å². The molecule has 0 heterocycles. The maximum absolute atomic E-state index is 13.6. The molecule has 0 spiro atoms. The number of ether oxygens (including phenoxy) is 1. The van der Waals surface area contributed by atoms with E-state index >= 15 is 0 Å². The van der Waals surface area contributed by atoms with E-state index < -0.39 is 32.7 Å². The minimum Gasteiger partial charge on any atom is -0.481 e. The van der Waals surface area contributed by atoms with Crippen molar-refractivity contribution in [2.24, 2.45) is 0 Å². The van der Waals surface area contributed by atoms with E-state index in [0.29, 0.717) is 6.42 Å². The van der Waals surface area contributed by atoms with Crippen LogP contribution in [-0.4, -0.2) is 49.2 Å². The summed E-state index contributed by atoms with van der Waals surface area (Å²) in [7, 11) is -8.70. The van der Waals surface area contributed by atoms with Gasteiger partial charge in [0.1, 0.15) is 0 Å². The SMILES string of the molecule is CCCCOC(CC(=O)O)(P(=O)(OCC)OCC)P(=O)(OCC)OCC. The number of rotatable bonds is 16. The second-order valence-corrected chi connectivity index (χ2v) is 10.0. The summed E-state index contributed by atoms with van der Waals surface area (Å²) in [5, 5.41) is 7.07. The first-order valence-corrected chi connectivity index (χ1v) is 11.9. The maximum atomic E-state index is 13.6. The highest BCUT2D eigenvalue weighted by Crippen LogP contribution is 2.79. The van der Waals surface area contributed by atoms with Crippen molar-refractivity contribution < 1.29 is 41.9 Å². The lowest BCUT2D eigenvalue weighted by molar-refractivity contribution is -0.140. The van der Waals surface area contributed by atoms with Crippen LogP contribution in [0.25, 0.3) is 0 Å². The lowest BCUT2D eigenvalue weighted by atomic mass is 10.3. The van der Waals surface area contributed by atoms with Crippen molar-refractivity contribution in [3.63, 3.8) is 0 Å². The molecule has 26 heavy (non-hydrogen) atoms. The van der Waals surface area contributed by atoms with Crippen LogP contribution in [0.4, 0.5) is 0 Å². The van der Waals surface area contributed by atoms with E-state index in [1.807, 2.05) is 6.92 Å². The van der Waals surface area contributed by atoms with Crippen LogP contribution in [0.1, 0.15) is 53.9 Å². The Bertz CT molecular complexity index is 459. The second kappa shape index (κ2) is 12.2. The van der Waals surface area contributed by atoms with Crippen LogP contribution in [0.3, 0.4) is 0 Å². The average molecular weight is 418 g/mol. The van der Waals surface area contributed by atoms with E-state index in [9.17, 15) is 19.0 Å². The molecule has 0 unspecified atom stereocenters. The lowest BCUT2D eigenvalue weighted by Gasteiger charge is -2.40. The van der Waals surface area contributed by atoms with Gasteiger partial charge in [0, 0.05) is 6.61 Å². The van der Waals surface area contributed by atoms with Gasteiger partial charge < -0.3 is 27.9 Å². The minimum atomic E-state index is -4.35. The predicted octanol–water partition coefficient (Wildman–Crippen LogP) is 4.46. The molecular weight excluding hydrogens is 386 g/mol.